The minimum atomic E-state index is -0.764. The summed E-state index contributed by atoms with van der Waals surface area (Å²) in [4.78, 5) is 9.71. The van der Waals surface area contributed by atoms with Gasteiger partial charge in [0.2, 0.25) is 0 Å². The number of unbranched alkanes of at least 4 members (excludes halogenated alkanes) is 1. The Kier molecular flexibility index (Phi) is 14.2. The van der Waals surface area contributed by atoms with Gasteiger partial charge in [0.15, 0.2) is 0 Å². The lowest BCUT2D eigenvalue weighted by Gasteiger charge is -1.82. The highest BCUT2D eigenvalue weighted by molar-refractivity contribution is 5.66. The Hall–Kier alpha value is -1.05. The topological polar surface area (TPSA) is 37.3 Å². The molecular formula is C10H18O2. The summed E-state index contributed by atoms with van der Waals surface area (Å²) in [7, 11) is 0. The third-order valence-electron chi connectivity index (χ3n) is 1.06. The molecule has 0 fully saturated rings. The van der Waals surface area contributed by atoms with Gasteiger partial charge in [0.1, 0.15) is 0 Å². The van der Waals surface area contributed by atoms with Crippen molar-refractivity contribution < 1.29 is 9.90 Å². The quantitative estimate of drug-likeness (QED) is 0.644. The number of carboxylic acids is 1. The van der Waals surface area contributed by atoms with Crippen LogP contribution in [0.3, 0.4) is 0 Å². The zero-order valence-electron chi connectivity index (χ0n) is 7.75. The van der Waals surface area contributed by atoms with Crippen molar-refractivity contribution in [2.24, 2.45) is 0 Å². The summed E-state index contributed by atoms with van der Waals surface area (Å²) in [5, 5.41) is 8.00. The molecule has 12 heavy (non-hydrogen) atoms. The summed E-state index contributed by atoms with van der Waals surface area (Å²) in [6.45, 7) is 9.06. The molecule has 0 bridgehead atoms. The maximum atomic E-state index is 9.71. The molecule has 2 nitrogen and oxygen atoms in total. The lowest BCUT2D eigenvalue weighted by molar-refractivity contribution is -0.136. The van der Waals surface area contributed by atoms with E-state index in [9.17, 15) is 4.79 Å². The average Bonchev–Trinajstić information content (AvgIpc) is 2.03. The highest BCUT2D eigenvalue weighted by Gasteiger charge is 1.89. The minimum Gasteiger partial charge on any atom is -0.481 e. The lowest BCUT2D eigenvalue weighted by Crippen LogP contribution is -1.90. The van der Waals surface area contributed by atoms with Crippen LogP contribution >= 0.6 is 0 Å². The van der Waals surface area contributed by atoms with Crippen molar-refractivity contribution in [1.29, 1.82) is 0 Å². The fourth-order valence-corrected chi connectivity index (χ4v) is 0.430. The van der Waals surface area contributed by atoms with Gasteiger partial charge in [-0.15, -0.1) is 13.2 Å². The highest BCUT2D eigenvalue weighted by Crippen LogP contribution is 1.86. The van der Waals surface area contributed by atoms with Gasteiger partial charge >= 0.3 is 5.97 Å². The van der Waals surface area contributed by atoms with Crippen LogP contribution in [0.4, 0.5) is 0 Å². The molecule has 0 spiro atoms. The van der Waals surface area contributed by atoms with Gasteiger partial charge in [0, 0.05) is 6.42 Å². The molecule has 70 valence electrons. The predicted molar refractivity (Wildman–Crippen MR) is 52.2 cm³/mol. The molecule has 0 aliphatic heterocycles. The minimum absolute atomic E-state index is 0.198. The van der Waals surface area contributed by atoms with Crippen LogP contribution in [0.2, 0.25) is 0 Å². The van der Waals surface area contributed by atoms with Gasteiger partial charge in [-0.3, -0.25) is 4.79 Å². The molecule has 0 saturated heterocycles. The van der Waals surface area contributed by atoms with E-state index >= 15 is 0 Å². The molecule has 0 aromatic heterocycles. The lowest BCUT2D eigenvalue weighted by atomic mass is 10.3. The zero-order chi connectivity index (χ0) is 9.82. The van der Waals surface area contributed by atoms with Crippen LogP contribution < -0.4 is 0 Å². The van der Waals surface area contributed by atoms with Crippen molar-refractivity contribution in [1.82, 2.24) is 0 Å². The second-order valence-corrected chi connectivity index (χ2v) is 2.30. The van der Waals surface area contributed by atoms with E-state index in [1.165, 1.54) is 6.42 Å². The van der Waals surface area contributed by atoms with Crippen molar-refractivity contribution in [3.8, 4) is 0 Å². The molecule has 0 saturated carbocycles. The molecular weight excluding hydrogens is 152 g/mol. The number of hydrogen-bond donors (Lipinski definition) is 1. The van der Waals surface area contributed by atoms with Crippen LogP contribution in [0.15, 0.2) is 25.3 Å². The molecule has 2 heteroatoms. The summed E-state index contributed by atoms with van der Waals surface area (Å²) in [5.74, 6) is -0.764. The van der Waals surface area contributed by atoms with Crippen molar-refractivity contribution in [3.63, 3.8) is 0 Å². The Morgan fingerprint density at radius 3 is 1.92 bits per heavy atom. The van der Waals surface area contributed by atoms with Gasteiger partial charge in [0.25, 0.3) is 0 Å². The van der Waals surface area contributed by atoms with E-state index in [1.54, 1.807) is 6.08 Å². The summed E-state index contributed by atoms with van der Waals surface area (Å²) >= 11 is 0. The number of carbonyl (C=O) groups is 1. The van der Waals surface area contributed by atoms with Gasteiger partial charge in [-0.05, 0) is 12.8 Å². The van der Waals surface area contributed by atoms with Gasteiger partial charge in [0.05, 0.1) is 0 Å². The molecule has 1 N–H and O–H groups in total. The predicted octanol–water partition coefficient (Wildman–Crippen LogP) is 3.01. The molecule has 0 aliphatic rings. The van der Waals surface area contributed by atoms with Crippen molar-refractivity contribution in [3.05, 3.63) is 25.3 Å². The van der Waals surface area contributed by atoms with E-state index in [1.807, 2.05) is 6.08 Å². The Bertz CT molecular complexity index is 128. The number of allylic oxidation sites excluding steroid dienone is 2. The van der Waals surface area contributed by atoms with Gasteiger partial charge < -0.3 is 5.11 Å². The van der Waals surface area contributed by atoms with Crippen LogP contribution in [0, 0.1) is 0 Å². The fraction of sp³-hybridized carbons (Fsp3) is 0.500. The van der Waals surface area contributed by atoms with Crippen molar-refractivity contribution >= 4 is 5.97 Å². The SMILES string of the molecule is C=CCCC.C=CCCC(=O)O. The van der Waals surface area contributed by atoms with Gasteiger partial charge in [-0.1, -0.05) is 25.5 Å². The zero-order valence-corrected chi connectivity index (χ0v) is 7.75. The van der Waals surface area contributed by atoms with Crippen LogP contribution in [0.5, 0.6) is 0 Å². The van der Waals surface area contributed by atoms with Crippen LogP contribution in [0.25, 0.3) is 0 Å². The third-order valence-corrected chi connectivity index (χ3v) is 1.06. The maximum Gasteiger partial charge on any atom is 0.303 e. The van der Waals surface area contributed by atoms with E-state index in [-0.39, 0.29) is 6.42 Å². The molecule has 0 atom stereocenters. The average molecular weight is 170 g/mol. The second-order valence-electron chi connectivity index (χ2n) is 2.30. The first-order chi connectivity index (χ1) is 5.68. The smallest absolute Gasteiger partial charge is 0.303 e. The van der Waals surface area contributed by atoms with Crippen LogP contribution in [-0.4, -0.2) is 11.1 Å². The van der Waals surface area contributed by atoms with Gasteiger partial charge in [-0.25, -0.2) is 0 Å². The van der Waals surface area contributed by atoms with E-state index < -0.39 is 5.97 Å². The van der Waals surface area contributed by atoms with E-state index in [2.05, 4.69) is 20.1 Å². The molecule has 0 aliphatic carbocycles. The first-order valence-corrected chi connectivity index (χ1v) is 4.12. The van der Waals surface area contributed by atoms with E-state index in [0.29, 0.717) is 6.42 Å². The summed E-state index contributed by atoms with van der Waals surface area (Å²) in [5.41, 5.74) is 0. The Morgan fingerprint density at radius 1 is 1.33 bits per heavy atom. The largest absolute Gasteiger partial charge is 0.481 e. The molecule has 0 amide bonds. The fourth-order valence-electron chi connectivity index (χ4n) is 0.430. The Balaban J connectivity index is 0. The molecule has 0 aromatic rings. The summed E-state index contributed by atoms with van der Waals surface area (Å²) in [6.07, 6.45) is 6.66. The van der Waals surface area contributed by atoms with Crippen molar-refractivity contribution in [2.45, 2.75) is 32.6 Å². The first kappa shape index (κ1) is 13.5. The van der Waals surface area contributed by atoms with Gasteiger partial charge in [-0.2, -0.15) is 0 Å². The number of carboxylic acid groups (broad SMARTS) is 1. The summed E-state index contributed by atoms with van der Waals surface area (Å²) < 4.78 is 0. The van der Waals surface area contributed by atoms with Crippen molar-refractivity contribution in [2.75, 3.05) is 0 Å². The highest BCUT2D eigenvalue weighted by atomic mass is 16.4. The third kappa shape index (κ3) is 23.1. The first-order valence-electron chi connectivity index (χ1n) is 4.12. The monoisotopic (exact) mass is 170 g/mol. The standard InChI is InChI=1S/C5H8O2.C5H10/c1-2-3-4-5(6)7;1-3-5-4-2/h2H,1,3-4H2,(H,6,7);3H,1,4-5H2,2H3. The molecule has 0 unspecified atom stereocenters. The maximum absolute atomic E-state index is 9.71. The molecule has 0 heterocycles. The Morgan fingerprint density at radius 2 is 1.83 bits per heavy atom. The van der Waals surface area contributed by atoms with Crippen LogP contribution in [0.1, 0.15) is 32.6 Å². The Labute approximate surface area is 74.6 Å². The number of aliphatic carboxylic acids is 1. The molecule has 0 aromatic carbocycles. The second kappa shape index (κ2) is 12.6. The number of rotatable bonds is 5. The normalized spacial score (nSPS) is 7.75. The van der Waals surface area contributed by atoms with Crippen LogP contribution in [-0.2, 0) is 4.79 Å². The summed E-state index contributed by atoms with van der Waals surface area (Å²) in [6, 6.07) is 0. The number of hydrogen-bond acceptors (Lipinski definition) is 1. The molecule has 0 rings (SSSR count). The van der Waals surface area contributed by atoms with E-state index in [0.717, 1.165) is 6.42 Å². The molecule has 0 radical (unpaired) electrons. The van der Waals surface area contributed by atoms with E-state index in [4.69, 9.17) is 5.11 Å².